The van der Waals surface area contributed by atoms with Crippen LogP contribution in [0.2, 0.25) is 36.3 Å². The molecule has 5 rings (SSSR count). The monoisotopic (exact) mass is 984 g/mol. The van der Waals surface area contributed by atoms with Gasteiger partial charge < -0.3 is 24.2 Å². The van der Waals surface area contributed by atoms with Crippen molar-refractivity contribution in [2.75, 3.05) is 11.9 Å². The minimum atomic E-state index is -2.33. The summed E-state index contributed by atoms with van der Waals surface area (Å²) in [6, 6.07) is 32.5. The van der Waals surface area contributed by atoms with Gasteiger partial charge >= 0.3 is 6.09 Å². The Morgan fingerprint density at radius 3 is 1.94 bits per heavy atom. The molecule has 0 fully saturated rings. The molecule has 0 aliphatic rings. The molecule has 0 saturated carbocycles. The van der Waals surface area contributed by atoms with Gasteiger partial charge in [-0.1, -0.05) is 143 Å². The molecular formula is C53H68N8O5SSi2. The van der Waals surface area contributed by atoms with Crippen molar-refractivity contribution in [1.29, 1.82) is 5.26 Å². The number of carbonyl (C=O) groups is 2. The van der Waals surface area contributed by atoms with Crippen LogP contribution in [0.15, 0.2) is 107 Å². The van der Waals surface area contributed by atoms with Crippen molar-refractivity contribution in [3.63, 3.8) is 0 Å². The third-order valence-corrected chi connectivity index (χ3v) is 22.1. The summed E-state index contributed by atoms with van der Waals surface area (Å²) in [6.45, 7) is 27.6. The Morgan fingerprint density at radius 1 is 0.783 bits per heavy atom. The second-order valence-corrected chi connectivity index (χ2v) is 31.6. The van der Waals surface area contributed by atoms with Gasteiger partial charge in [0.1, 0.15) is 34.6 Å². The van der Waals surface area contributed by atoms with Crippen molar-refractivity contribution in [2.24, 2.45) is 5.11 Å². The van der Waals surface area contributed by atoms with Crippen molar-refractivity contribution in [3.05, 3.63) is 124 Å². The number of thioether (sulfide) groups is 1. The van der Waals surface area contributed by atoms with Gasteiger partial charge in [0.05, 0.1) is 11.7 Å². The van der Waals surface area contributed by atoms with E-state index in [0.29, 0.717) is 52.6 Å². The summed E-state index contributed by atoms with van der Waals surface area (Å²) in [6.07, 6.45) is 0.00294. The second-order valence-electron chi connectivity index (χ2n) is 21.2. The van der Waals surface area contributed by atoms with Crippen molar-refractivity contribution in [3.8, 4) is 40.0 Å². The fraction of sp³-hybridized carbons (Fsp3) is 0.415. The molecule has 1 unspecified atom stereocenters. The topological polar surface area (TPSA) is 184 Å². The number of carbonyl (C=O) groups excluding carboxylic acids is 2. The number of benzene rings is 4. The number of nitrogens with one attached hydrogen (secondary N) is 2. The highest BCUT2D eigenvalue weighted by atomic mass is 32.2. The lowest BCUT2D eigenvalue weighted by molar-refractivity contribution is -0.121. The molecule has 69 heavy (non-hydrogen) atoms. The Balaban J connectivity index is 1.40. The molecule has 364 valence electrons. The Hall–Kier alpha value is -6.12. The number of nitrogens with zero attached hydrogens (tertiary/aromatic N) is 6. The number of amides is 1. The first kappa shape index (κ1) is 53.8. The number of rotatable bonds is 19. The summed E-state index contributed by atoms with van der Waals surface area (Å²) in [5, 5.41) is 20.8. The quantitative estimate of drug-likeness (QED) is 0.0153. The molecule has 16 heteroatoms. The van der Waals surface area contributed by atoms with Crippen LogP contribution in [0.4, 0.5) is 16.3 Å². The average molecular weight is 985 g/mol. The second kappa shape index (κ2) is 22.5. The van der Waals surface area contributed by atoms with Crippen LogP contribution in [0.25, 0.3) is 32.8 Å². The number of Topliss-reactive ketones (excluding diaryl/α,β-unsaturated/α-hetero) is 1. The Morgan fingerprint density at radius 2 is 1.36 bits per heavy atom. The summed E-state index contributed by atoms with van der Waals surface area (Å²) in [5.41, 5.74) is 13.9. The van der Waals surface area contributed by atoms with Crippen molar-refractivity contribution in [1.82, 2.24) is 15.3 Å². The molecule has 0 bridgehead atoms. The molecule has 1 heterocycles. The average Bonchev–Trinajstić information content (AvgIpc) is 3.27. The number of anilines is 1. The molecule has 1 atom stereocenters. The summed E-state index contributed by atoms with van der Waals surface area (Å²) in [4.78, 5) is 40.1. The first-order chi connectivity index (χ1) is 32.3. The number of ether oxygens (including phenoxy) is 1. The zero-order valence-electron chi connectivity index (χ0n) is 42.5. The van der Waals surface area contributed by atoms with Crippen LogP contribution >= 0.6 is 11.8 Å². The molecule has 13 nitrogen and oxygen atoms in total. The molecule has 5 aromatic rings. The van der Waals surface area contributed by atoms with Gasteiger partial charge in [-0.2, -0.15) is 5.26 Å². The maximum absolute atomic E-state index is 14.2. The number of nitriles is 1. The number of azide groups is 1. The van der Waals surface area contributed by atoms with Crippen LogP contribution in [0.1, 0.15) is 91.8 Å². The maximum Gasteiger partial charge on any atom is 0.408 e. The first-order valence-corrected chi connectivity index (χ1v) is 30.1. The van der Waals surface area contributed by atoms with Crippen LogP contribution in [0.5, 0.6) is 11.5 Å². The highest BCUT2D eigenvalue weighted by Gasteiger charge is 2.42. The summed E-state index contributed by atoms with van der Waals surface area (Å²) in [7, 11) is -4.59. The molecule has 0 aliphatic heterocycles. The van der Waals surface area contributed by atoms with Crippen LogP contribution in [0.3, 0.4) is 0 Å². The Kier molecular flexibility index (Phi) is 17.6. The van der Waals surface area contributed by atoms with E-state index in [1.54, 1.807) is 32.9 Å². The van der Waals surface area contributed by atoms with E-state index in [2.05, 4.69) is 94.5 Å². The van der Waals surface area contributed by atoms with E-state index in [0.717, 1.165) is 27.8 Å². The van der Waals surface area contributed by atoms with Crippen LogP contribution in [-0.4, -0.2) is 56.7 Å². The highest BCUT2D eigenvalue weighted by molar-refractivity contribution is 7.98. The number of alkyl carbamates (subject to hydrolysis) is 1. The fourth-order valence-electron chi connectivity index (χ4n) is 6.53. The van der Waals surface area contributed by atoms with Crippen LogP contribution in [-0.2, 0) is 21.7 Å². The van der Waals surface area contributed by atoms with Gasteiger partial charge in [-0.05, 0) is 103 Å². The summed E-state index contributed by atoms with van der Waals surface area (Å²) in [5.74, 6) is 2.01. The van der Waals surface area contributed by atoms with Crippen molar-refractivity contribution < 1.29 is 23.2 Å². The largest absolute Gasteiger partial charge is 0.541 e. The predicted molar refractivity (Wildman–Crippen MR) is 284 cm³/mol. The lowest BCUT2D eigenvalue weighted by Gasteiger charge is -2.39. The molecule has 4 aromatic carbocycles. The van der Waals surface area contributed by atoms with Gasteiger partial charge in [0, 0.05) is 41.3 Å². The Labute approximate surface area is 415 Å². The summed E-state index contributed by atoms with van der Waals surface area (Å²) >= 11 is 1.41. The van der Waals surface area contributed by atoms with E-state index in [9.17, 15) is 14.9 Å². The smallest absolute Gasteiger partial charge is 0.408 e. The van der Waals surface area contributed by atoms with Gasteiger partial charge in [-0.25, -0.2) is 14.8 Å². The fourth-order valence-corrected chi connectivity index (χ4v) is 9.37. The molecule has 2 N–H and O–H groups in total. The third-order valence-electron chi connectivity index (χ3n) is 12.5. The standard InChI is InChI=1S/C53H68N8O5SSi2/c1-51(2,3)64-50(63)57-43(32-37-23-30-45(65-68(10,11)52(4,5)6)46(33-37)66-69(12,13)53(7,8)9)44(62)20-17-31-56-48-42(34-54)47(40-26-24-39(25-27-40)38-18-15-14-16-19-38)58-49(59-48)67-35-36-21-28-41(29-22-36)60-61-55/h14-16,18-19,21-30,33,43H,17,20,31-32,35H2,1-13H3,(H,57,63)(H,56,58,59). The van der Waals surface area contributed by atoms with E-state index in [1.807, 2.05) is 84.9 Å². The highest BCUT2D eigenvalue weighted by Crippen LogP contribution is 2.44. The van der Waals surface area contributed by atoms with Crippen molar-refractivity contribution in [2.45, 2.75) is 140 Å². The molecular weight excluding hydrogens is 917 g/mol. The normalized spacial score (nSPS) is 12.5. The predicted octanol–water partition coefficient (Wildman–Crippen LogP) is 14.6. The number of ketones is 1. The zero-order valence-corrected chi connectivity index (χ0v) is 45.3. The molecule has 1 aromatic heterocycles. The number of hydrogen-bond donors (Lipinski definition) is 2. The van der Waals surface area contributed by atoms with Gasteiger partial charge in [0.2, 0.25) is 0 Å². The molecule has 0 aliphatic carbocycles. The number of aromatic nitrogens is 2. The van der Waals surface area contributed by atoms with E-state index in [-0.39, 0.29) is 34.3 Å². The third kappa shape index (κ3) is 15.2. The molecule has 0 radical (unpaired) electrons. The van der Waals surface area contributed by atoms with E-state index in [1.165, 1.54) is 11.8 Å². The Bertz CT molecular complexity index is 2670. The van der Waals surface area contributed by atoms with Crippen LogP contribution < -0.4 is 19.5 Å². The molecule has 0 saturated heterocycles. The van der Waals surface area contributed by atoms with Crippen LogP contribution in [0, 0.1) is 11.3 Å². The van der Waals surface area contributed by atoms with Gasteiger partial charge in [0.25, 0.3) is 16.6 Å². The number of hydrogen-bond acceptors (Lipinski definition) is 11. The lowest BCUT2D eigenvalue weighted by Crippen LogP contribution is -2.46. The minimum absolute atomic E-state index is 0.0457. The van der Waals surface area contributed by atoms with E-state index >= 15 is 0 Å². The van der Waals surface area contributed by atoms with E-state index < -0.39 is 34.4 Å². The maximum atomic E-state index is 14.2. The minimum Gasteiger partial charge on any atom is -0.541 e. The lowest BCUT2D eigenvalue weighted by atomic mass is 9.99. The molecule has 1 amide bonds. The summed E-state index contributed by atoms with van der Waals surface area (Å²) < 4.78 is 19.4. The van der Waals surface area contributed by atoms with Gasteiger partial charge in [0.15, 0.2) is 10.9 Å². The van der Waals surface area contributed by atoms with E-state index in [4.69, 9.17) is 29.1 Å². The van der Waals surface area contributed by atoms with Crippen molar-refractivity contribution >= 4 is 51.8 Å². The molecule has 0 spiro atoms. The SMILES string of the molecule is CC(C)(C)OC(=O)NC(Cc1ccc(O[Si](C)(C)C(C)(C)C)c(O[Si](C)(C)C(C)(C)C)c1)C(=O)CCCNc1nc(SCc2ccc(N=[N+]=[N-])cc2)nc(-c2ccc(-c3ccccc3)cc2)c1C#N. The zero-order chi connectivity index (χ0) is 50.8. The van der Waals surface area contributed by atoms with Gasteiger partial charge in [-0.3, -0.25) is 4.79 Å². The first-order valence-electron chi connectivity index (χ1n) is 23.3. The van der Waals surface area contributed by atoms with Gasteiger partial charge in [-0.15, -0.1) is 0 Å².